The summed E-state index contributed by atoms with van der Waals surface area (Å²) in [4.78, 5) is 34.3. The Morgan fingerprint density at radius 3 is 2.48 bits per heavy atom. The summed E-state index contributed by atoms with van der Waals surface area (Å²) in [6.07, 6.45) is 0. The lowest BCUT2D eigenvalue weighted by Gasteiger charge is -2.07. The predicted molar refractivity (Wildman–Crippen MR) is 90.7 cm³/mol. The molecule has 0 N–H and O–H groups in total. The van der Waals surface area contributed by atoms with E-state index < -0.39 is 29.0 Å². The van der Waals surface area contributed by atoms with Crippen molar-refractivity contribution < 1.29 is 24.0 Å². The Balaban J connectivity index is 2.12. The Morgan fingerprint density at radius 2 is 1.88 bits per heavy atom. The number of benzene rings is 2. The lowest BCUT2D eigenvalue weighted by molar-refractivity contribution is -0.385. The van der Waals surface area contributed by atoms with Gasteiger partial charge in [-0.1, -0.05) is 23.2 Å². The monoisotopic (exact) mass is 383 g/mol. The van der Waals surface area contributed by atoms with Crippen LogP contribution in [0, 0.1) is 10.1 Å². The first-order chi connectivity index (χ1) is 11.8. The van der Waals surface area contributed by atoms with Crippen LogP contribution >= 0.6 is 23.2 Å². The fourth-order valence-electron chi connectivity index (χ4n) is 1.96. The minimum atomic E-state index is -1.03. The van der Waals surface area contributed by atoms with Crippen LogP contribution in [0.4, 0.5) is 5.69 Å². The van der Waals surface area contributed by atoms with Crippen molar-refractivity contribution in [1.82, 2.24) is 0 Å². The number of ether oxygens (including phenoxy) is 2. The van der Waals surface area contributed by atoms with Crippen LogP contribution in [0.5, 0.6) is 5.75 Å². The van der Waals surface area contributed by atoms with Gasteiger partial charge in [0, 0.05) is 16.7 Å². The van der Waals surface area contributed by atoms with Gasteiger partial charge in [-0.2, -0.15) is 0 Å². The fourth-order valence-corrected chi connectivity index (χ4v) is 2.39. The van der Waals surface area contributed by atoms with Crippen molar-refractivity contribution in [1.29, 1.82) is 0 Å². The normalized spacial score (nSPS) is 10.2. The number of carbonyl (C=O) groups excluding carboxylic acids is 2. The molecule has 0 radical (unpaired) electrons. The van der Waals surface area contributed by atoms with Crippen LogP contribution in [0.1, 0.15) is 20.7 Å². The van der Waals surface area contributed by atoms with Crippen LogP contribution < -0.4 is 4.74 Å². The first-order valence-corrected chi connectivity index (χ1v) is 7.57. The van der Waals surface area contributed by atoms with Gasteiger partial charge in [0.15, 0.2) is 12.4 Å². The number of nitro benzene ring substituents is 1. The summed E-state index contributed by atoms with van der Waals surface area (Å²) in [6.45, 7) is -0.606. The topological polar surface area (TPSA) is 95.7 Å². The van der Waals surface area contributed by atoms with E-state index in [1.54, 1.807) is 0 Å². The van der Waals surface area contributed by atoms with Crippen LogP contribution in [-0.2, 0) is 4.74 Å². The minimum Gasteiger partial charge on any atom is -0.495 e. The third kappa shape index (κ3) is 4.46. The van der Waals surface area contributed by atoms with Crippen molar-refractivity contribution >= 4 is 40.6 Å². The van der Waals surface area contributed by atoms with Gasteiger partial charge in [0.25, 0.3) is 5.69 Å². The molecular weight excluding hydrogens is 373 g/mol. The van der Waals surface area contributed by atoms with Crippen LogP contribution in [0.2, 0.25) is 10.0 Å². The van der Waals surface area contributed by atoms with E-state index in [9.17, 15) is 19.7 Å². The van der Waals surface area contributed by atoms with E-state index in [4.69, 9.17) is 32.7 Å². The number of hydrogen-bond acceptors (Lipinski definition) is 6. The molecule has 130 valence electrons. The third-order valence-corrected chi connectivity index (χ3v) is 3.71. The number of esters is 1. The Labute approximate surface area is 152 Å². The van der Waals surface area contributed by atoms with Crippen molar-refractivity contribution in [2.45, 2.75) is 0 Å². The van der Waals surface area contributed by atoms with Gasteiger partial charge in [-0.05, 0) is 30.3 Å². The molecule has 2 rings (SSSR count). The highest BCUT2D eigenvalue weighted by atomic mass is 35.5. The van der Waals surface area contributed by atoms with Crippen LogP contribution in [-0.4, -0.2) is 30.4 Å². The second-order valence-corrected chi connectivity index (χ2v) is 5.61. The second kappa shape index (κ2) is 7.96. The van der Waals surface area contributed by atoms with E-state index in [0.717, 1.165) is 12.1 Å². The molecule has 25 heavy (non-hydrogen) atoms. The summed E-state index contributed by atoms with van der Waals surface area (Å²) in [6, 6.07) is 7.81. The number of Topliss-reactive ketones (excluding diaryl/α,β-unsaturated/α-hetero) is 1. The first kappa shape index (κ1) is 18.7. The molecule has 2 aromatic rings. The molecule has 0 aliphatic carbocycles. The Morgan fingerprint density at radius 1 is 1.16 bits per heavy atom. The molecule has 0 aromatic heterocycles. The van der Waals surface area contributed by atoms with E-state index in [0.29, 0.717) is 5.75 Å². The molecule has 0 heterocycles. The Hall–Kier alpha value is -2.64. The number of rotatable bonds is 6. The zero-order valence-electron chi connectivity index (χ0n) is 12.8. The largest absolute Gasteiger partial charge is 0.495 e. The van der Waals surface area contributed by atoms with Gasteiger partial charge in [-0.3, -0.25) is 14.9 Å². The number of hydrogen-bond donors (Lipinski definition) is 0. The smallest absolute Gasteiger partial charge is 0.345 e. The number of ketones is 1. The van der Waals surface area contributed by atoms with Gasteiger partial charge in [-0.25, -0.2) is 4.79 Å². The molecule has 2 aromatic carbocycles. The van der Waals surface area contributed by atoms with E-state index in [-0.39, 0.29) is 21.2 Å². The van der Waals surface area contributed by atoms with Gasteiger partial charge in [0.05, 0.1) is 17.1 Å². The molecule has 0 amide bonds. The zero-order valence-corrected chi connectivity index (χ0v) is 14.3. The van der Waals surface area contributed by atoms with E-state index >= 15 is 0 Å². The molecule has 0 spiro atoms. The predicted octanol–water partition coefficient (Wildman–Crippen LogP) is 3.95. The highest BCUT2D eigenvalue weighted by Crippen LogP contribution is 2.26. The van der Waals surface area contributed by atoms with Gasteiger partial charge >= 0.3 is 5.97 Å². The molecule has 0 saturated carbocycles. The number of nitro groups is 1. The van der Waals surface area contributed by atoms with Gasteiger partial charge < -0.3 is 9.47 Å². The SMILES string of the molecule is COc1ccc(C(=O)COC(=O)c2cc(Cl)ccc2[N+](=O)[O-])cc1Cl. The molecule has 9 heteroatoms. The standard InChI is InChI=1S/C16H11Cl2NO6/c1-24-15-5-2-9(6-12(15)18)14(20)8-25-16(21)11-7-10(17)3-4-13(11)19(22)23/h2-7H,8H2,1H3. The van der Waals surface area contributed by atoms with Crippen LogP contribution in [0.25, 0.3) is 0 Å². The third-order valence-electron chi connectivity index (χ3n) is 3.18. The van der Waals surface area contributed by atoms with E-state index in [1.807, 2.05) is 0 Å². The van der Waals surface area contributed by atoms with Gasteiger partial charge in [0.2, 0.25) is 0 Å². The van der Waals surface area contributed by atoms with Crippen LogP contribution in [0.15, 0.2) is 36.4 Å². The van der Waals surface area contributed by atoms with Crippen molar-refractivity contribution in [3.8, 4) is 5.75 Å². The molecule has 0 fully saturated rings. The number of halogens is 2. The molecule has 7 nitrogen and oxygen atoms in total. The highest BCUT2D eigenvalue weighted by Gasteiger charge is 2.23. The molecule has 0 aliphatic heterocycles. The summed E-state index contributed by atoms with van der Waals surface area (Å²) in [5.41, 5.74) is -0.591. The summed E-state index contributed by atoms with van der Waals surface area (Å²) < 4.78 is 9.84. The Kier molecular flexibility index (Phi) is 5.95. The first-order valence-electron chi connectivity index (χ1n) is 6.81. The molecule has 0 saturated heterocycles. The average molecular weight is 384 g/mol. The minimum absolute atomic E-state index is 0.130. The van der Waals surface area contributed by atoms with Gasteiger partial charge in [0.1, 0.15) is 11.3 Å². The van der Waals surface area contributed by atoms with Crippen molar-refractivity contribution in [3.63, 3.8) is 0 Å². The van der Waals surface area contributed by atoms with Crippen molar-refractivity contribution in [3.05, 3.63) is 67.7 Å². The highest BCUT2D eigenvalue weighted by molar-refractivity contribution is 6.32. The Bertz CT molecular complexity index is 853. The average Bonchev–Trinajstić information content (AvgIpc) is 2.58. The van der Waals surface area contributed by atoms with Crippen LogP contribution in [0.3, 0.4) is 0 Å². The number of methoxy groups -OCH3 is 1. The molecule has 0 aliphatic rings. The maximum atomic E-state index is 12.1. The summed E-state index contributed by atoms with van der Waals surface area (Å²) >= 11 is 11.7. The fraction of sp³-hybridized carbons (Fsp3) is 0.125. The summed E-state index contributed by atoms with van der Waals surface area (Å²) in [7, 11) is 1.43. The molecular formula is C16H11Cl2NO6. The number of nitrogens with zero attached hydrogens (tertiary/aromatic N) is 1. The van der Waals surface area contributed by atoms with E-state index in [1.165, 1.54) is 31.4 Å². The number of carbonyl (C=O) groups is 2. The zero-order chi connectivity index (χ0) is 18.6. The van der Waals surface area contributed by atoms with E-state index in [2.05, 4.69) is 0 Å². The lowest BCUT2D eigenvalue weighted by Crippen LogP contribution is -2.15. The quantitative estimate of drug-likeness (QED) is 0.324. The van der Waals surface area contributed by atoms with Crippen molar-refractivity contribution in [2.24, 2.45) is 0 Å². The molecule has 0 bridgehead atoms. The molecule has 0 unspecified atom stereocenters. The van der Waals surface area contributed by atoms with Gasteiger partial charge in [-0.15, -0.1) is 0 Å². The van der Waals surface area contributed by atoms with Crippen molar-refractivity contribution in [2.75, 3.05) is 13.7 Å². The molecule has 0 atom stereocenters. The second-order valence-electron chi connectivity index (χ2n) is 4.77. The summed E-state index contributed by atoms with van der Waals surface area (Å²) in [5.74, 6) is -1.16. The lowest BCUT2D eigenvalue weighted by atomic mass is 10.1. The maximum absolute atomic E-state index is 12.1. The summed E-state index contributed by atoms with van der Waals surface area (Å²) in [5, 5.41) is 11.3. The maximum Gasteiger partial charge on any atom is 0.345 e.